The molecule has 1 N–H and O–H groups in total. The zero-order valence-electron chi connectivity index (χ0n) is 6.42. The second-order valence-corrected chi connectivity index (χ2v) is 2.64. The van der Waals surface area contributed by atoms with E-state index < -0.39 is 0 Å². The van der Waals surface area contributed by atoms with Gasteiger partial charge < -0.3 is 9.84 Å². The Labute approximate surface area is 56.8 Å². The highest BCUT2D eigenvalue weighted by atomic mass is 16.5. The van der Waals surface area contributed by atoms with E-state index in [0.29, 0.717) is 18.4 Å². The molecule has 0 fully saturated rings. The van der Waals surface area contributed by atoms with Gasteiger partial charge in [-0.25, -0.2) is 0 Å². The molecule has 0 aliphatic heterocycles. The molecule has 0 bridgehead atoms. The highest BCUT2D eigenvalue weighted by Crippen LogP contribution is 2.08. The molecular weight excluding hydrogens is 116 g/mol. The van der Waals surface area contributed by atoms with Gasteiger partial charge in [-0.1, -0.05) is 13.8 Å². The Morgan fingerprint density at radius 3 is 2.11 bits per heavy atom. The third-order valence-electron chi connectivity index (χ3n) is 1.56. The molecule has 2 nitrogen and oxygen atoms in total. The first-order valence-electron chi connectivity index (χ1n) is 3.32. The molecule has 0 saturated heterocycles. The fourth-order valence-corrected chi connectivity index (χ4v) is 0.670. The van der Waals surface area contributed by atoms with Crippen LogP contribution in [0.4, 0.5) is 0 Å². The molecule has 1 atom stereocenters. The molecule has 0 aromatic heterocycles. The summed E-state index contributed by atoms with van der Waals surface area (Å²) in [6, 6.07) is 0. The summed E-state index contributed by atoms with van der Waals surface area (Å²) < 4.78 is 4.90. The predicted octanol–water partition coefficient (Wildman–Crippen LogP) is 0.897. The average molecular weight is 132 g/mol. The van der Waals surface area contributed by atoms with E-state index in [0.717, 1.165) is 0 Å². The molecule has 0 aliphatic rings. The molecule has 0 radical (unpaired) electrons. The minimum Gasteiger partial charge on any atom is -0.396 e. The zero-order valence-corrected chi connectivity index (χ0v) is 6.42. The molecule has 0 unspecified atom stereocenters. The van der Waals surface area contributed by atoms with E-state index in [1.807, 2.05) is 0 Å². The Balaban J connectivity index is 3.41. The standard InChI is InChI=1S/C7H16O2/c1-6(2)7(4-8)5-9-3/h6-8H,4-5H2,1-3H3/t7-/m1/s1. The van der Waals surface area contributed by atoms with Gasteiger partial charge in [0.25, 0.3) is 0 Å². The second-order valence-electron chi connectivity index (χ2n) is 2.64. The van der Waals surface area contributed by atoms with Crippen LogP contribution in [-0.4, -0.2) is 25.4 Å². The van der Waals surface area contributed by atoms with Crippen LogP contribution < -0.4 is 0 Å². The molecular formula is C7H16O2. The molecule has 56 valence electrons. The number of ether oxygens (including phenoxy) is 1. The number of methoxy groups -OCH3 is 1. The third kappa shape index (κ3) is 3.49. The topological polar surface area (TPSA) is 29.5 Å². The largest absolute Gasteiger partial charge is 0.396 e. The minimum absolute atomic E-state index is 0.228. The van der Waals surface area contributed by atoms with Gasteiger partial charge in [0.15, 0.2) is 0 Å². The lowest BCUT2D eigenvalue weighted by atomic mass is 9.98. The first-order valence-corrected chi connectivity index (χ1v) is 3.32. The van der Waals surface area contributed by atoms with Crippen molar-refractivity contribution in [3.8, 4) is 0 Å². The van der Waals surface area contributed by atoms with Gasteiger partial charge in [-0.05, 0) is 5.92 Å². The van der Waals surface area contributed by atoms with Gasteiger partial charge in [-0.3, -0.25) is 0 Å². The van der Waals surface area contributed by atoms with Gasteiger partial charge in [-0.15, -0.1) is 0 Å². The summed E-state index contributed by atoms with van der Waals surface area (Å²) >= 11 is 0. The summed E-state index contributed by atoms with van der Waals surface area (Å²) in [5.41, 5.74) is 0. The van der Waals surface area contributed by atoms with Crippen molar-refractivity contribution in [2.45, 2.75) is 13.8 Å². The summed E-state index contributed by atoms with van der Waals surface area (Å²) in [6.07, 6.45) is 0. The van der Waals surface area contributed by atoms with Crippen molar-refractivity contribution in [2.75, 3.05) is 20.3 Å². The predicted molar refractivity (Wildman–Crippen MR) is 37.3 cm³/mol. The van der Waals surface area contributed by atoms with Gasteiger partial charge in [0.1, 0.15) is 0 Å². The van der Waals surface area contributed by atoms with E-state index in [4.69, 9.17) is 9.84 Å². The number of aliphatic hydroxyl groups is 1. The maximum Gasteiger partial charge on any atom is 0.0514 e. The Hall–Kier alpha value is -0.0800. The van der Waals surface area contributed by atoms with E-state index in [9.17, 15) is 0 Å². The first-order chi connectivity index (χ1) is 4.22. The first kappa shape index (κ1) is 8.92. The van der Waals surface area contributed by atoms with Crippen molar-refractivity contribution in [3.63, 3.8) is 0 Å². The highest BCUT2D eigenvalue weighted by molar-refractivity contribution is 4.59. The lowest BCUT2D eigenvalue weighted by molar-refractivity contribution is 0.0850. The summed E-state index contributed by atoms with van der Waals surface area (Å²) in [5, 5.41) is 8.75. The number of rotatable bonds is 4. The van der Waals surface area contributed by atoms with E-state index in [2.05, 4.69) is 13.8 Å². The molecule has 0 aromatic carbocycles. The molecule has 0 aromatic rings. The molecule has 0 amide bonds. The van der Waals surface area contributed by atoms with Crippen LogP contribution in [0.2, 0.25) is 0 Å². The van der Waals surface area contributed by atoms with Crippen molar-refractivity contribution in [1.29, 1.82) is 0 Å². The molecule has 0 spiro atoms. The molecule has 9 heavy (non-hydrogen) atoms. The summed E-state index contributed by atoms with van der Waals surface area (Å²) in [4.78, 5) is 0. The smallest absolute Gasteiger partial charge is 0.0514 e. The van der Waals surface area contributed by atoms with Gasteiger partial charge in [0.05, 0.1) is 6.61 Å². The maximum atomic E-state index is 8.75. The number of hydrogen-bond acceptors (Lipinski definition) is 2. The number of hydrogen-bond donors (Lipinski definition) is 1. The van der Waals surface area contributed by atoms with E-state index >= 15 is 0 Å². The molecule has 2 heteroatoms. The quantitative estimate of drug-likeness (QED) is 0.615. The van der Waals surface area contributed by atoms with Crippen LogP contribution in [0.15, 0.2) is 0 Å². The maximum absolute atomic E-state index is 8.75. The normalized spacial score (nSPS) is 14.3. The summed E-state index contributed by atoms with van der Waals surface area (Å²) in [5.74, 6) is 0.810. The SMILES string of the molecule is COC[C@@H](CO)C(C)C. The molecule has 0 rings (SSSR count). The number of aliphatic hydroxyl groups excluding tert-OH is 1. The highest BCUT2D eigenvalue weighted by Gasteiger charge is 2.10. The fraction of sp³-hybridized carbons (Fsp3) is 1.00. The van der Waals surface area contributed by atoms with Crippen LogP contribution in [0.5, 0.6) is 0 Å². The van der Waals surface area contributed by atoms with Crippen LogP contribution in [0.25, 0.3) is 0 Å². The minimum atomic E-state index is 0.228. The third-order valence-corrected chi connectivity index (χ3v) is 1.56. The Bertz CT molecular complexity index is 61.9. The van der Waals surface area contributed by atoms with E-state index in [1.54, 1.807) is 7.11 Å². The van der Waals surface area contributed by atoms with Crippen molar-refractivity contribution < 1.29 is 9.84 Å². The van der Waals surface area contributed by atoms with Crippen LogP contribution >= 0.6 is 0 Å². The monoisotopic (exact) mass is 132 g/mol. The molecule has 0 aliphatic carbocycles. The Morgan fingerprint density at radius 1 is 1.44 bits per heavy atom. The summed E-state index contributed by atoms with van der Waals surface area (Å²) in [7, 11) is 1.66. The lowest BCUT2D eigenvalue weighted by Gasteiger charge is -2.15. The van der Waals surface area contributed by atoms with Gasteiger partial charge in [-0.2, -0.15) is 0 Å². The zero-order chi connectivity index (χ0) is 7.28. The van der Waals surface area contributed by atoms with Crippen LogP contribution in [0.3, 0.4) is 0 Å². The van der Waals surface area contributed by atoms with Gasteiger partial charge in [0.2, 0.25) is 0 Å². The van der Waals surface area contributed by atoms with Crippen LogP contribution in [0, 0.1) is 11.8 Å². The van der Waals surface area contributed by atoms with Crippen molar-refractivity contribution in [2.24, 2.45) is 11.8 Å². The van der Waals surface area contributed by atoms with Crippen molar-refractivity contribution >= 4 is 0 Å². The van der Waals surface area contributed by atoms with Gasteiger partial charge in [0, 0.05) is 19.6 Å². The fourth-order valence-electron chi connectivity index (χ4n) is 0.670. The Morgan fingerprint density at radius 2 is 2.00 bits per heavy atom. The van der Waals surface area contributed by atoms with E-state index in [1.165, 1.54) is 0 Å². The van der Waals surface area contributed by atoms with Crippen molar-refractivity contribution in [1.82, 2.24) is 0 Å². The van der Waals surface area contributed by atoms with Crippen LogP contribution in [0.1, 0.15) is 13.8 Å². The van der Waals surface area contributed by atoms with Gasteiger partial charge >= 0.3 is 0 Å². The van der Waals surface area contributed by atoms with Crippen LogP contribution in [-0.2, 0) is 4.74 Å². The Kier molecular flexibility index (Phi) is 4.72. The van der Waals surface area contributed by atoms with E-state index in [-0.39, 0.29) is 6.61 Å². The average Bonchev–Trinajstić information content (AvgIpc) is 1.82. The second kappa shape index (κ2) is 4.77. The summed E-state index contributed by atoms with van der Waals surface area (Å²) in [6.45, 7) is 5.06. The van der Waals surface area contributed by atoms with Crippen molar-refractivity contribution in [3.05, 3.63) is 0 Å². The molecule has 0 saturated carbocycles. The molecule has 0 heterocycles. The lowest BCUT2D eigenvalue weighted by Crippen LogP contribution is -2.18.